The van der Waals surface area contributed by atoms with Gasteiger partial charge in [-0.25, -0.2) is 4.79 Å². The lowest BCUT2D eigenvalue weighted by Crippen LogP contribution is -2.42. The molecular weight excluding hydrogens is 536 g/mol. The number of amides is 1. The SMILES string of the molecule is CC.CCCC.CNCCC(NC(=O)c1ccc(COCc2ccc3c(c2)CCCC3)cc1-c1ccccc1C)C(=O)O. The normalized spacial score (nSPS) is 12.5. The van der Waals surface area contributed by atoms with Crippen molar-refractivity contribution in [2.75, 3.05) is 13.6 Å². The molecule has 0 saturated heterocycles. The maximum Gasteiger partial charge on any atom is 0.326 e. The molecule has 0 aliphatic heterocycles. The molecule has 0 radical (unpaired) electrons. The maximum absolute atomic E-state index is 13.2. The zero-order valence-corrected chi connectivity index (χ0v) is 27.1. The molecule has 0 spiro atoms. The molecule has 3 aromatic carbocycles. The van der Waals surface area contributed by atoms with Crippen molar-refractivity contribution in [2.45, 2.75) is 98.8 Å². The van der Waals surface area contributed by atoms with Crippen LogP contribution in [0.5, 0.6) is 0 Å². The van der Waals surface area contributed by atoms with Gasteiger partial charge < -0.3 is 20.5 Å². The first-order chi connectivity index (χ1) is 20.9. The van der Waals surface area contributed by atoms with Crippen molar-refractivity contribution >= 4 is 11.9 Å². The van der Waals surface area contributed by atoms with Crippen molar-refractivity contribution in [3.05, 3.63) is 94.0 Å². The predicted molar refractivity (Wildman–Crippen MR) is 178 cm³/mol. The van der Waals surface area contributed by atoms with E-state index in [1.807, 2.05) is 57.2 Å². The second-order valence-electron chi connectivity index (χ2n) is 10.8. The molecule has 234 valence electrons. The van der Waals surface area contributed by atoms with Crippen molar-refractivity contribution in [1.82, 2.24) is 10.6 Å². The van der Waals surface area contributed by atoms with E-state index < -0.39 is 17.9 Å². The van der Waals surface area contributed by atoms with Crippen LogP contribution in [0.4, 0.5) is 0 Å². The number of fused-ring (bicyclic) bond motifs is 1. The van der Waals surface area contributed by atoms with Crippen LogP contribution in [0.25, 0.3) is 11.1 Å². The van der Waals surface area contributed by atoms with Gasteiger partial charge in [-0.05, 0) is 104 Å². The Morgan fingerprint density at radius 1 is 0.860 bits per heavy atom. The largest absolute Gasteiger partial charge is 0.480 e. The van der Waals surface area contributed by atoms with Crippen LogP contribution in [0.15, 0.2) is 60.7 Å². The van der Waals surface area contributed by atoms with Gasteiger partial charge in [0.2, 0.25) is 0 Å². The Hall–Kier alpha value is -3.48. The summed E-state index contributed by atoms with van der Waals surface area (Å²) in [5.74, 6) is -1.45. The van der Waals surface area contributed by atoms with Crippen LogP contribution in [-0.2, 0) is 35.6 Å². The second kappa shape index (κ2) is 19.7. The summed E-state index contributed by atoms with van der Waals surface area (Å²) in [4.78, 5) is 24.9. The molecule has 6 nitrogen and oxygen atoms in total. The van der Waals surface area contributed by atoms with Crippen LogP contribution in [0.2, 0.25) is 0 Å². The average molecular weight is 589 g/mol. The van der Waals surface area contributed by atoms with E-state index in [9.17, 15) is 14.7 Å². The molecule has 3 N–H and O–H groups in total. The summed E-state index contributed by atoms with van der Waals surface area (Å²) in [5.41, 5.74) is 8.23. The number of carbonyl (C=O) groups excluding carboxylic acids is 1. The Bertz CT molecular complexity index is 1290. The van der Waals surface area contributed by atoms with Gasteiger partial charge in [0.25, 0.3) is 5.91 Å². The molecule has 1 unspecified atom stereocenters. The first kappa shape index (κ1) is 35.7. The lowest BCUT2D eigenvalue weighted by atomic mass is 9.90. The van der Waals surface area contributed by atoms with Gasteiger partial charge in [0, 0.05) is 5.56 Å². The smallest absolute Gasteiger partial charge is 0.326 e. The molecule has 0 aromatic heterocycles. The molecule has 0 fully saturated rings. The molecule has 0 heterocycles. The Kier molecular flexibility index (Phi) is 16.3. The van der Waals surface area contributed by atoms with Crippen molar-refractivity contribution < 1.29 is 19.4 Å². The second-order valence-corrected chi connectivity index (χ2v) is 10.8. The number of hydrogen-bond acceptors (Lipinski definition) is 4. The van der Waals surface area contributed by atoms with Crippen LogP contribution >= 0.6 is 0 Å². The highest BCUT2D eigenvalue weighted by Crippen LogP contribution is 2.29. The summed E-state index contributed by atoms with van der Waals surface area (Å²) < 4.78 is 6.07. The summed E-state index contributed by atoms with van der Waals surface area (Å²) >= 11 is 0. The zero-order valence-electron chi connectivity index (χ0n) is 27.1. The Morgan fingerprint density at radius 3 is 2.12 bits per heavy atom. The Labute approximate surface area is 259 Å². The number of carboxylic acids is 1. The monoisotopic (exact) mass is 588 g/mol. The molecule has 1 amide bonds. The highest BCUT2D eigenvalue weighted by molar-refractivity contribution is 6.02. The van der Waals surface area contributed by atoms with E-state index in [0.717, 1.165) is 28.7 Å². The van der Waals surface area contributed by atoms with E-state index in [4.69, 9.17) is 4.74 Å². The lowest BCUT2D eigenvalue weighted by Gasteiger charge is -2.18. The van der Waals surface area contributed by atoms with Gasteiger partial charge in [-0.15, -0.1) is 0 Å². The first-order valence-corrected chi connectivity index (χ1v) is 15.9. The third-order valence-corrected chi connectivity index (χ3v) is 7.50. The van der Waals surface area contributed by atoms with E-state index in [2.05, 4.69) is 42.7 Å². The Balaban J connectivity index is 0.000000993. The fraction of sp³-hybridized carbons (Fsp3) is 0.459. The van der Waals surface area contributed by atoms with E-state index in [-0.39, 0.29) is 0 Å². The molecule has 0 bridgehead atoms. The molecule has 6 heteroatoms. The quantitative estimate of drug-likeness (QED) is 0.200. The van der Waals surface area contributed by atoms with Crippen molar-refractivity contribution in [3.8, 4) is 11.1 Å². The highest BCUT2D eigenvalue weighted by Gasteiger charge is 2.22. The third kappa shape index (κ3) is 11.3. The van der Waals surface area contributed by atoms with Crippen molar-refractivity contribution in [2.24, 2.45) is 0 Å². The van der Waals surface area contributed by atoms with E-state index in [1.54, 1.807) is 13.1 Å². The number of carbonyl (C=O) groups is 2. The predicted octanol–water partition coefficient (Wildman–Crippen LogP) is 7.88. The van der Waals surface area contributed by atoms with Crippen LogP contribution in [0.1, 0.15) is 98.0 Å². The number of aliphatic carboxylic acids is 1. The van der Waals surface area contributed by atoms with Gasteiger partial charge in [0.1, 0.15) is 6.04 Å². The van der Waals surface area contributed by atoms with Gasteiger partial charge >= 0.3 is 5.97 Å². The summed E-state index contributed by atoms with van der Waals surface area (Å²) in [6.45, 7) is 11.8. The van der Waals surface area contributed by atoms with Crippen molar-refractivity contribution in [1.29, 1.82) is 0 Å². The van der Waals surface area contributed by atoms with Crippen LogP contribution < -0.4 is 10.6 Å². The van der Waals surface area contributed by atoms with E-state index in [1.165, 1.54) is 48.8 Å². The fourth-order valence-corrected chi connectivity index (χ4v) is 4.92. The van der Waals surface area contributed by atoms with Crippen LogP contribution in [-0.4, -0.2) is 36.6 Å². The topological polar surface area (TPSA) is 87.7 Å². The number of aryl methyl sites for hydroxylation is 3. The summed E-state index contributed by atoms with van der Waals surface area (Å²) in [5, 5.41) is 15.2. The van der Waals surface area contributed by atoms with Gasteiger partial charge in [0.05, 0.1) is 13.2 Å². The zero-order chi connectivity index (χ0) is 31.6. The minimum Gasteiger partial charge on any atom is -0.480 e. The number of unbranched alkanes of at least 4 members (excludes halogenated alkanes) is 1. The number of ether oxygens (including phenoxy) is 1. The number of hydrogen-bond donors (Lipinski definition) is 3. The van der Waals surface area contributed by atoms with E-state index >= 15 is 0 Å². The number of carboxylic acid groups (broad SMARTS) is 1. The third-order valence-electron chi connectivity index (χ3n) is 7.50. The standard InChI is InChI=1S/C31H36N2O4.C4H10.C2H6/c1-21-7-3-6-10-26(21)28-18-23(12-14-27(28)30(34)33-29(31(35)36)15-16-32-2)20-37-19-22-11-13-24-8-4-5-9-25(24)17-22;1-3-4-2;1-2/h3,6-7,10-14,17-18,29,32H,4-5,8-9,15-16,19-20H2,1-2H3,(H,33,34)(H,35,36);3-4H2,1-2H3;1-2H3. The molecule has 1 atom stereocenters. The highest BCUT2D eigenvalue weighted by atomic mass is 16.5. The fourth-order valence-electron chi connectivity index (χ4n) is 4.92. The molecule has 1 aliphatic rings. The van der Waals surface area contributed by atoms with Gasteiger partial charge in [0.15, 0.2) is 0 Å². The van der Waals surface area contributed by atoms with Crippen LogP contribution in [0.3, 0.4) is 0 Å². The van der Waals surface area contributed by atoms with Gasteiger partial charge in [-0.3, -0.25) is 4.79 Å². The van der Waals surface area contributed by atoms with E-state index in [0.29, 0.717) is 31.7 Å². The molecule has 0 saturated carbocycles. The molecule has 4 rings (SSSR count). The van der Waals surface area contributed by atoms with Crippen LogP contribution in [0, 0.1) is 6.92 Å². The number of nitrogens with one attached hydrogen (secondary N) is 2. The van der Waals surface area contributed by atoms with Gasteiger partial charge in [-0.2, -0.15) is 0 Å². The number of rotatable bonds is 12. The summed E-state index contributed by atoms with van der Waals surface area (Å²) in [7, 11) is 1.75. The Morgan fingerprint density at radius 2 is 1.49 bits per heavy atom. The summed E-state index contributed by atoms with van der Waals surface area (Å²) in [6, 6.07) is 19.2. The number of benzene rings is 3. The molecular formula is C37H52N2O4. The molecule has 43 heavy (non-hydrogen) atoms. The minimum atomic E-state index is -1.05. The molecule has 1 aliphatic carbocycles. The lowest BCUT2D eigenvalue weighted by molar-refractivity contribution is -0.139. The average Bonchev–Trinajstić information content (AvgIpc) is 3.04. The maximum atomic E-state index is 13.2. The van der Waals surface area contributed by atoms with Crippen molar-refractivity contribution in [3.63, 3.8) is 0 Å². The van der Waals surface area contributed by atoms with Gasteiger partial charge in [-0.1, -0.05) is 89.1 Å². The molecule has 3 aromatic rings. The summed E-state index contributed by atoms with van der Waals surface area (Å²) in [6.07, 6.45) is 7.77. The first-order valence-electron chi connectivity index (χ1n) is 15.9. The minimum absolute atomic E-state index is 0.298.